The predicted octanol–water partition coefficient (Wildman–Crippen LogP) is 3.12. The molecule has 1 aromatic heterocycles. The largest absolute Gasteiger partial charge is 0.369 e. The van der Waals surface area contributed by atoms with Gasteiger partial charge in [-0.3, -0.25) is 9.59 Å². The summed E-state index contributed by atoms with van der Waals surface area (Å²) < 4.78 is 1.17. The van der Waals surface area contributed by atoms with Crippen LogP contribution in [0.3, 0.4) is 0 Å². The number of nitrogens with two attached hydrogens (primary N) is 1. The van der Waals surface area contributed by atoms with Crippen LogP contribution in [-0.4, -0.2) is 34.8 Å². The Bertz CT molecular complexity index is 786. The number of primary amides is 1. The Morgan fingerprint density at radius 1 is 1.23 bits per heavy atom. The zero-order chi connectivity index (χ0) is 18.1. The van der Waals surface area contributed by atoms with Crippen molar-refractivity contribution in [3.8, 4) is 0 Å². The van der Waals surface area contributed by atoms with Gasteiger partial charge in [0, 0.05) is 25.9 Å². The number of aryl methyl sites for hydroxylation is 1. The number of aromatic nitrogens is 1. The molecule has 0 spiro atoms. The molecule has 2 aliphatic rings. The van der Waals surface area contributed by atoms with Crippen LogP contribution in [0.15, 0.2) is 24.3 Å². The highest BCUT2D eigenvalue weighted by atomic mass is 32.1. The molecule has 2 amide bonds. The van der Waals surface area contributed by atoms with Gasteiger partial charge >= 0.3 is 0 Å². The number of rotatable bonds is 6. The summed E-state index contributed by atoms with van der Waals surface area (Å²) in [5.74, 6) is 0.656. The van der Waals surface area contributed by atoms with Crippen molar-refractivity contribution in [3.05, 3.63) is 29.3 Å². The maximum atomic E-state index is 12.6. The predicted molar refractivity (Wildman–Crippen MR) is 103 cm³/mol. The lowest BCUT2D eigenvalue weighted by atomic mass is 9.73. The molecule has 1 aromatic carbocycles. The van der Waals surface area contributed by atoms with Crippen LogP contribution >= 0.6 is 11.3 Å². The van der Waals surface area contributed by atoms with E-state index in [1.807, 2.05) is 23.1 Å². The number of carbonyl (C=O) groups is 2. The molecule has 1 aliphatic carbocycles. The van der Waals surface area contributed by atoms with E-state index in [0.29, 0.717) is 44.7 Å². The molecular formula is C20H25N3O2S. The monoisotopic (exact) mass is 371 g/mol. The SMILES string of the molecule is NC(=O)C1(CC2CC2)CCN(C(=O)CCc2nc3ccccc3s2)CC1. The molecule has 5 nitrogen and oxygen atoms in total. The molecule has 138 valence electrons. The van der Waals surface area contributed by atoms with E-state index in [1.165, 1.54) is 17.5 Å². The van der Waals surface area contributed by atoms with Gasteiger partial charge in [-0.25, -0.2) is 4.98 Å². The molecule has 4 rings (SSSR count). The topological polar surface area (TPSA) is 76.3 Å². The van der Waals surface area contributed by atoms with Gasteiger partial charge in [0.25, 0.3) is 0 Å². The summed E-state index contributed by atoms with van der Waals surface area (Å²) in [7, 11) is 0. The van der Waals surface area contributed by atoms with Crippen molar-refractivity contribution >= 4 is 33.4 Å². The number of fused-ring (bicyclic) bond motifs is 1. The number of benzene rings is 1. The molecule has 0 atom stereocenters. The average Bonchev–Trinajstić information content (AvgIpc) is 3.35. The summed E-state index contributed by atoms with van der Waals surface area (Å²) >= 11 is 1.66. The fourth-order valence-electron chi connectivity index (χ4n) is 4.01. The second kappa shape index (κ2) is 6.99. The molecule has 1 saturated carbocycles. The first-order valence-corrected chi connectivity index (χ1v) is 10.3. The number of thiazole rings is 1. The number of likely N-dealkylation sites (tertiary alicyclic amines) is 1. The Kier molecular flexibility index (Phi) is 4.69. The standard InChI is InChI=1S/C20H25N3O2S/c21-19(25)20(13-14-5-6-14)9-11-23(12-10-20)18(24)8-7-17-22-15-3-1-2-4-16(15)26-17/h1-4,14H,5-13H2,(H2,21,25). The molecule has 6 heteroatoms. The quantitative estimate of drug-likeness (QED) is 0.847. The fourth-order valence-corrected chi connectivity index (χ4v) is 4.98. The Balaban J connectivity index is 1.32. The van der Waals surface area contributed by atoms with Gasteiger partial charge in [-0.15, -0.1) is 11.3 Å². The van der Waals surface area contributed by atoms with Crippen molar-refractivity contribution in [2.24, 2.45) is 17.1 Å². The first-order valence-electron chi connectivity index (χ1n) is 9.48. The van der Waals surface area contributed by atoms with Crippen LogP contribution in [0.25, 0.3) is 10.2 Å². The zero-order valence-corrected chi connectivity index (χ0v) is 15.8. The summed E-state index contributed by atoms with van der Waals surface area (Å²) in [4.78, 5) is 31.1. The van der Waals surface area contributed by atoms with E-state index in [-0.39, 0.29) is 17.2 Å². The second-order valence-corrected chi connectivity index (χ2v) is 8.86. The smallest absolute Gasteiger partial charge is 0.223 e. The first-order chi connectivity index (χ1) is 12.6. The van der Waals surface area contributed by atoms with E-state index in [4.69, 9.17) is 5.73 Å². The van der Waals surface area contributed by atoms with E-state index in [0.717, 1.165) is 16.9 Å². The van der Waals surface area contributed by atoms with Crippen molar-refractivity contribution in [2.75, 3.05) is 13.1 Å². The van der Waals surface area contributed by atoms with E-state index >= 15 is 0 Å². The Morgan fingerprint density at radius 3 is 2.62 bits per heavy atom. The van der Waals surface area contributed by atoms with E-state index in [9.17, 15) is 9.59 Å². The van der Waals surface area contributed by atoms with Crippen LogP contribution in [0.2, 0.25) is 0 Å². The average molecular weight is 372 g/mol. The number of hydrogen-bond acceptors (Lipinski definition) is 4. The third-order valence-electron chi connectivity index (χ3n) is 5.86. The van der Waals surface area contributed by atoms with Gasteiger partial charge in [-0.1, -0.05) is 25.0 Å². The second-order valence-electron chi connectivity index (χ2n) is 7.75. The number of para-hydroxylation sites is 1. The number of carbonyl (C=O) groups excluding carboxylic acids is 2. The molecule has 0 radical (unpaired) electrons. The lowest BCUT2D eigenvalue weighted by Crippen LogP contribution is -2.49. The molecule has 26 heavy (non-hydrogen) atoms. The van der Waals surface area contributed by atoms with Crippen molar-refractivity contribution < 1.29 is 9.59 Å². The van der Waals surface area contributed by atoms with Crippen molar-refractivity contribution in [1.82, 2.24) is 9.88 Å². The molecule has 1 aliphatic heterocycles. The van der Waals surface area contributed by atoms with E-state index < -0.39 is 0 Å². The van der Waals surface area contributed by atoms with Gasteiger partial charge in [0.2, 0.25) is 11.8 Å². The lowest BCUT2D eigenvalue weighted by Gasteiger charge is -2.40. The van der Waals surface area contributed by atoms with Gasteiger partial charge in [0.05, 0.1) is 20.6 Å². The minimum Gasteiger partial charge on any atom is -0.369 e. The van der Waals surface area contributed by atoms with Crippen LogP contribution in [0.5, 0.6) is 0 Å². The first kappa shape index (κ1) is 17.5. The Hall–Kier alpha value is -1.95. The summed E-state index contributed by atoms with van der Waals surface area (Å²) in [6.07, 6.45) is 5.94. The summed E-state index contributed by atoms with van der Waals surface area (Å²) in [6.45, 7) is 1.29. The van der Waals surface area contributed by atoms with E-state index in [1.54, 1.807) is 11.3 Å². The highest BCUT2D eigenvalue weighted by molar-refractivity contribution is 7.18. The molecule has 0 bridgehead atoms. The normalized spacial score (nSPS) is 19.6. The van der Waals surface area contributed by atoms with Gasteiger partial charge in [0.1, 0.15) is 0 Å². The molecule has 2 heterocycles. The van der Waals surface area contributed by atoms with Crippen LogP contribution in [0, 0.1) is 11.3 Å². The van der Waals surface area contributed by atoms with Gasteiger partial charge in [-0.2, -0.15) is 0 Å². The number of amides is 2. The van der Waals surface area contributed by atoms with Gasteiger partial charge in [0.15, 0.2) is 0 Å². The number of piperidine rings is 1. The van der Waals surface area contributed by atoms with Crippen LogP contribution in [0.1, 0.15) is 43.5 Å². The Labute approximate surface area is 157 Å². The van der Waals surface area contributed by atoms with Crippen LogP contribution < -0.4 is 5.73 Å². The summed E-state index contributed by atoms with van der Waals surface area (Å²) in [5, 5.41) is 1.01. The van der Waals surface area contributed by atoms with Crippen molar-refractivity contribution in [3.63, 3.8) is 0 Å². The zero-order valence-electron chi connectivity index (χ0n) is 14.9. The molecule has 0 unspecified atom stereocenters. The molecule has 2 aromatic rings. The molecular weight excluding hydrogens is 346 g/mol. The summed E-state index contributed by atoms with van der Waals surface area (Å²) in [5.41, 5.74) is 6.34. The highest BCUT2D eigenvalue weighted by Gasteiger charge is 2.44. The van der Waals surface area contributed by atoms with Gasteiger partial charge in [-0.05, 0) is 37.3 Å². The lowest BCUT2D eigenvalue weighted by molar-refractivity contribution is -0.139. The van der Waals surface area contributed by atoms with Crippen molar-refractivity contribution in [2.45, 2.75) is 44.9 Å². The number of nitrogens with zero attached hydrogens (tertiary/aromatic N) is 2. The summed E-state index contributed by atoms with van der Waals surface area (Å²) in [6, 6.07) is 8.06. The minimum atomic E-state index is -0.384. The fraction of sp³-hybridized carbons (Fsp3) is 0.550. The third-order valence-corrected chi connectivity index (χ3v) is 6.96. The maximum absolute atomic E-state index is 12.6. The molecule has 2 fully saturated rings. The van der Waals surface area contributed by atoms with Crippen LogP contribution in [0.4, 0.5) is 0 Å². The molecule has 2 N–H and O–H groups in total. The highest BCUT2D eigenvalue weighted by Crippen LogP contribution is 2.45. The maximum Gasteiger partial charge on any atom is 0.223 e. The molecule has 1 saturated heterocycles. The number of hydrogen-bond donors (Lipinski definition) is 1. The van der Waals surface area contributed by atoms with Crippen LogP contribution in [-0.2, 0) is 16.0 Å². The third kappa shape index (κ3) is 3.61. The van der Waals surface area contributed by atoms with Gasteiger partial charge < -0.3 is 10.6 Å². The minimum absolute atomic E-state index is 0.161. The van der Waals surface area contributed by atoms with E-state index in [2.05, 4.69) is 11.1 Å². The Morgan fingerprint density at radius 2 is 1.96 bits per heavy atom. The van der Waals surface area contributed by atoms with Crippen molar-refractivity contribution in [1.29, 1.82) is 0 Å².